The highest BCUT2D eigenvalue weighted by Gasteiger charge is 2.16. The number of hydroxylamine groups is 1. The molecule has 0 fully saturated rings. The first-order valence-corrected chi connectivity index (χ1v) is 4.91. The number of hydrogen-bond donors (Lipinski definition) is 1. The number of carbonyl (C=O) groups excluding carboxylic acids is 1. The zero-order valence-corrected chi connectivity index (χ0v) is 9.51. The molecule has 1 N–H and O–H groups in total. The van der Waals surface area contributed by atoms with E-state index in [1.54, 1.807) is 0 Å². The smallest absolute Gasteiger partial charge is 0.304 e. The minimum Gasteiger partial charge on any atom is -0.382 e. The molecule has 1 aromatic rings. The summed E-state index contributed by atoms with van der Waals surface area (Å²) in [5.41, 5.74) is 1.29. The van der Waals surface area contributed by atoms with Crippen molar-refractivity contribution in [2.75, 3.05) is 20.3 Å². The van der Waals surface area contributed by atoms with Gasteiger partial charge in [0, 0.05) is 18.7 Å². The molecule has 18 heavy (non-hydrogen) atoms. The van der Waals surface area contributed by atoms with Crippen molar-refractivity contribution in [1.82, 2.24) is 5.48 Å². The van der Waals surface area contributed by atoms with Crippen LogP contribution in [0.25, 0.3) is 0 Å². The second kappa shape index (κ2) is 6.62. The Bertz CT molecular complexity index is 452. The van der Waals surface area contributed by atoms with Crippen LogP contribution >= 0.6 is 0 Å². The highest BCUT2D eigenvalue weighted by Crippen LogP contribution is 2.17. The number of nitro groups is 1. The molecule has 98 valence electrons. The van der Waals surface area contributed by atoms with E-state index in [0.29, 0.717) is 0 Å². The summed E-state index contributed by atoms with van der Waals surface area (Å²) in [7, 11) is 1.47. The zero-order valence-electron chi connectivity index (χ0n) is 9.51. The molecule has 0 saturated carbocycles. The van der Waals surface area contributed by atoms with Crippen molar-refractivity contribution < 1.29 is 23.7 Å². The quantitative estimate of drug-likeness (QED) is 0.467. The Balaban J connectivity index is 2.64. The molecule has 0 heterocycles. The van der Waals surface area contributed by atoms with Gasteiger partial charge in [0.25, 0.3) is 5.91 Å². The number of hydrogen-bond acceptors (Lipinski definition) is 5. The topological polar surface area (TPSA) is 90.7 Å². The van der Waals surface area contributed by atoms with Crippen molar-refractivity contribution >= 4 is 11.6 Å². The maximum absolute atomic E-state index is 13.2. The number of nitro benzene ring substituents is 1. The summed E-state index contributed by atoms with van der Waals surface area (Å²) < 4.78 is 17.9. The van der Waals surface area contributed by atoms with E-state index in [1.165, 1.54) is 7.11 Å². The average molecular weight is 258 g/mol. The van der Waals surface area contributed by atoms with Crippen molar-refractivity contribution in [2.24, 2.45) is 0 Å². The molecule has 0 spiro atoms. The van der Waals surface area contributed by atoms with Crippen LogP contribution in [0.15, 0.2) is 18.2 Å². The van der Waals surface area contributed by atoms with E-state index < -0.39 is 22.3 Å². The molecule has 0 aliphatic carbocycles. The average Bonchev–Trinajstić information content (AvgIpc) is 2.33. The summed E-state index contributed by atoms with van der Waals surface area (Å²) in [5.74, 6) is -1.77. The van der Waals surface area contributed by atoms with Gasteiger partial charge in [-0.25, -0.2) is 5.48 Å². The van der Waals surface area contributed by atoms with Crippen molar-refractivity contribution in [1.29, 1.82) is 0 Å². The Labute approximate surface area is 102 Å². The number of rotatable bonds is 6. The molecule has 0 bridgehead atoms. The van der Waals surface area contributed by atoms with Crippen LogP contribution in [0.3, 0.4) is 0 Å². The van der Waals surface area contributed by atoms with Crippen LogP contribution in [-0.2, 0) is 9.57 Å². The maximum Gasteiger partial charge on any atom is 0.304 e. The molecule has 1 rings (SSSR count). The normalized spacial score (nSPS) is 10.1. The largest absolute Gasteiger partial charge is 0.382 e. The van der Waals surface area contributed by atoms with Gasteiger partial charge < -0.3 is 4.74 Å². The molecule has 7 nitrogen and oxygen atoms in total. The van der Waals surface area contributed by atoms with Crippen molar-refractivity contribution in [3.05, 3.63) is 39.7 Å². The third-order valence-electron chi connectivity index (χ3n) is 1.96. The summed E-state index contributed by atoms with van der Waals surface area (Å²) in [6.07, 6.45) is 0. The van der Waals surface area contributed by atoms with Gasteiger partial charge in [0.15, 0.2) is 0 Å². The van der Waals surface area contributed by atoms with Crippen LogP contribution in [0.2, 0.25) is 0 Å². The van der Waals surface area contributed by atoms with Gasteiger partial charge in [0.05, 0.1) is 18.1 Å². The fourth-order valence-corrected chi connectivity index (χ4v) is 1.10. The predicted molar refractivity (Wildman–Crippen MR) is 58.3 cm³/mol. The lowest BCUT2D eigenvalue weighted by atomic mass is 10.2. The first-order chi connectivity index (χ1) is 8.56. The number of ether oxygens (including phenoxy) is 1. The Morgan fingerprint density at radius 3 is 2.78 bits per heavy atom. The molecule has 1 aromatic carbocycles. The SMILES string of the molecule is COCCONC(=O)c1ccc([N+](=O)[O-])c(F)c1. The minimum atomic E-state index is -1.08. The second-order valence-corrected chi connectivity index (χ2v) is 3.20. The van der Waals surface area contributed by atoms with Gasteiger partial charge >= 0.3 is 5.69 Å². The lowest BCUT2D eigenvalue weighted by Gasteiger charge is -2.05. The van der Waals surface area contributed by atoms with Gasteiger partial charge in [0.2, 0.25) is 5.82 Å². The Kier molecular flexibility index (Phi) is 5.15. The summed E-state index contributed by atoms with van der Waals surface area (Å²) in [6, 6.07) is 2.82. The van der Waals surface area contributed by atoms with Crippen LogP contribution in [0, 0.1) is 15.9 Å². The van der Waals surface area contributed by atoms with E-state index in [1.807, 2.05) is 0 Å². The molecular formula is C10H11FN2O5. The molecule has 0 atom stereocenters. The number of nitrogens with one attached hydrogen (secondary N) is 1. The maximum atomic E-state index is 13.2. The van der Waals surface area contributed by atoms with Gasteiger partial charge in [0.1, 0.15) is 0 Å². The van der Waals surface area contributed by atoms with E-state index in [2.05, 4.69) is 10.2 Å². The van der Waals surface area contributed by atoms with Crippen LogP contribution in [-0.4, -0.2) is 31.2 Å². The molecule has 0 saturated heterocycles. The number of amides is 1. The van der Waals surface area contributed by atoms with E-state index in [4.69, 9.17) is 4.84 Å². The van der Waals surface area contributed by atoms with Crippen LogP contribution in [0.1, 0.15) is 10.4 Å². The molecule has 0 aromatic heterocycles. The van der Waals surface area contributed by atoms with Crippen LogP contribution in [0.4, 0.5) is 10.1 Å². The van der Waals surface area contributed by atoms with E-state index >= 15 is 0 Å². The Morgan fingerprint density at radius 2 is 2.22 bits per heavy atom. The third kappa shape index (κ3) is 3.75. The number of halogens is 1. The number of methoxy groups -OCH3 is 1. The molecule has 1 amide bonds. The van der Waals surface area contributed by atoms with Gasteiger partial charge in [-0.2, -0.15) is 4.39 Å². The fraction of sp³-hybridized carbons (Fsp3) is 0.300. The van der Waals surface area contributed by atoms with Gasteiger partial charge in [-0.3, -0.25) is 19.7 Å². The summed E-state index contributed by atoms with van der Waals surface area (Å²) in [4.78, 5) is 25.7. The summed E-state index contributed by atoms with van der Waals surface area (Å²) >= 11 is 0. The van der Waals surface area contributed by atoms with Crippen LogP contribution < -0.4 is 5.48 Å². The molecule has 0 aliphatic rings. The standard InChI is InChI=1S/C10H11FN2O5/c1-17-4-5-18-12-10(14)7-2-3-9(13(15)16)8(11)6-7/h2-3,6H,4-5H2,1H3,(H,12,14). The molecule has 0 radical (unpaired) electrons. The Hall–Kier alpha value is -2.06. The van der Waals surface area contributed by atoms with E-state index in [9.17, 15) is 19.3 Å². The molecular weight excluding hydrogens is 247 g/mol. The zero-order chi connectivity index (χ0) is 13.5. The lowest BCUT2D eigenvalue weighted by molar-refractivity contribution is -0.387. The summed E-state index contributed by atoms with van der Waals surface area (Å²) in [6.45, 7) is 0.423. The van der Waals surface area contributed by atoms with Crippen molar-refractivity contribution in [3.63, 3.8) is 0 Å². The minimum absolute atomic E-state index is 0.0736. The third-order valence-corrected chi connectivity index (χ3v) is 1.96. The van der Waals surface area contributed by atoms with E-state index in [-0.39, 0.29) is 18.8 Å². The van der Waals surface area contributed by atoms with Crippen molar-refractivity contribution in [3.8, 4) is 0 Å². The number of carbonyl (C=O) groups is 1. The highest BCUT2D eigenvalue weighted by molar-refractivity contribution is 5.93. The molecule has 0 unspecified atom stereocenters. The summed E-state index contributed by atoms with van der Waals surface area (Å²) in [5, 5.41) is 10.4. The fourth-order valence-electron chi connectivity index (χ4n) is 1.10. The first-order valence-electron chi connectivity index (χ1n) is 4.91. The van der Waals surface area contributed by atoms with Gasteiger partial charge in [-0.05, 0) is 12.1 Å². The molecule has 8 heteroatoms. The van der Waals surface area contributed by atoms with Gasteiger partial charge in [-0.15, -0.1) is 0 Å². The van der Waals surface area contributed by atoms with Crippen molar-refractivity contribution in [2.45, 2.75) is 0 Å². The Morgan fingerprint density at radius 1 is 1.50 bits per heavy atom. The highest BCUT2D eigenvalue weighted by atomic mass is 19.1. The van der Waals surface area contributed by atoms with Crippen LogP contribution in [0.5, 0.6) is 0 Å². The van der Waals surface area contributed by atoms with Gasteiger partial charge in [-0.1, -0.05) is 0 Å². The number of nitrogens with zero attached hydrogens (tertiary/aromatic N) is 1. The lowest BCUT2D eigenvalue weighted by Crippen LogP contribution is -2.25. The predicted octanol–water partition coefficient (Wildman–Crippen LogP) is 1.04. The van der Waals surface area contributed by atoms with E-state index in [0.717, 1.165) is 18.2 Å². The second-order valence-electron chi connectivity index (χ2n) is 3.20. The monoisotopic (exact) mass is 258 g/mol. The number of benzene rings is 1. The molecule has 0 aliphatic heterocycles. The first kappa shape index (κ1) is 14.0.